The molecule has 2 rings (SSSR count). The zero-order valence-electron chi connectivity index (χ0n) is 13.1. The fourth-order valence-corrected chi connectivity index (χ4v) is 2.51. The van der Waals surface area contributed by atoms with Gasteiger partial charge in [-0.25, -0.2) is 0 Å². The standard InChI is InChI=1S/C18H19Cl2NO2/c1-12(2)11-23-17(22)10-13-6-3-4-9-16(13)21-18-14(19)7-5-8-15(18)20/h3-9,12,21H,10-11H2,1-2H3. The molecule has 1 N–H and O–H groups in total. The Bertz CT molecular complexity index is 666. The molecule has 0 aromatic heterocycles. The molecular formula is C18H19Cl2NO2. The van der Waals surface area contributed by atoms with Crippen molar-refractivity contribution in [1.82, 2.24) is 0 Å². The number of hydrogen-bond donors (Lipinski definition) is 1. The summed E-state index contributed by atoms with van der Waals surface area (Å²) in [6.07, 6.45) is 0.192. The van der Waals surface area contributed by atoms with Gasteiger partial charge in [-0.1, -0.05) is 61.3 Å². The first-order valence-electron chi connectivity index (χ1n) is 7.42. The average molecular weight is 352 g/mol. The molecule has 2 aromatic carbocycles. The van der Waals surface area contributed by atoms with Crippen LogP contribution in [-0.2, 0) is 16.0 Å². The number of benzene rings is 2. The monoisotopic (exact) mass is 351 g/mol. The van der Waals surface area contributed by atoms with Crippen LogP contribution in [0.15, 0.2) is 42.5 Å². The van der Waals surface area contributed by atoms with Crippen LogP contribution in [0.1, 0.15) is 19.4 Å². The Hall–Kier alpha value is -1.71. The van der Waals surface area contributed by atoms with Gasteiger partial charge in [0.1, 0.15) is 0 Å². The van der Waals surface area contributed by atoms with E-state index < -0.39 is 0 Å². The highest BCUT2D eigenvalue weighted by atomic mass is 35.5. The summed E-state index contributed by atoms with van der Waals surface area (Å²) >= 11 is 12.4. The highest BCUT2D eigenvalue weighted by Crippen LogP contribution is 2.33. The molecule has 0 saturated heterocycles. The van der Waals surface area contributed by atoms with Crippen LogP contribution in [0, 0.1) is 5.92 Å². The maximum absolute atomic E-state index is 12.0. The third kappa shape index (κ3) is 5.15. The number of nitrogens with one attached hydrogen (secondary N) is 1. The summed E-state index contributed by atoms with van der Waals surface area (Å²) in [5.74, 6) is 0.0625. The molecule has 5 heteroatoms. The maximum atomic E-state index is 12.0. The van der Waals surface area contributed by atoms with Gasteiger partial charge < -0.3 is 10.1 Å². The van der Waals surface area contributed by atoms with Gasteiger partial charge in [-0.2, -0.15) is 0 Å². The lowest BCUT2D eigenvalue weighted by atomic mass is 10.1. The molecule has 0 aliphatic heterocycles. The second-order valence-electron chi connectivity index (χ2n) is 5.63. The Morgan fingerprint density at radius 3 is 2.39 bits per heavy atom. The van der Waals surface area contributed by atoms with E-state index >= 15 is 0 Å². The van der Waals surface area contributed by atoms with Crippen LogP contribution in [0.5, 0.6) is 0 Å². The lowest BCUT2D eigenvalue weighted by Gasteiger charge is -2.14. The zero-order chi connectivity index (χ0) is 16.8. The Labute approximate surface area is 146 Å². The van der Waals surface area contributed by atoms with Crippen LogP contribution in [0.25, 0.3) is 0 Å². The second-order valence-corrected chi connectivity index (χ2v) is 6.45. The summed E-state index contributed by atoms with van der Waals surface area (Å²) in [4.78, 5) is 12.0. The van der Waals surface area contributed by atoms with Gasteiger partial charge in [0.25, 0.3) is 0 Å². The Kier molecular flexibility index (Phi) is 6.31. The number of halogens is 2. The molecule has 0 bridgehead atoms. The molecule has 0 amide bonds. The van der Waals surface area contributed by atoms with E-state index in [4.69, 9.17) is 27.9 Å². The van der Waals surface area contributed by atoms with Crippen molar-refractivity contribution in [2.75, 3.05) is 11.9 Å². The normalized spacial score (nSPS) is 10.7. The molecule has 0 aliphatic rings. The Morgan fingerprint density at radius 2 is 1.74 bits per heavy atom. The van der Waals surface area contributed by atoms with Gasteiger partial charge in [0.2, 0.25) is 0 Å². The summed E-state index contributed by atoms with van der Waals surface area (Å²) in [6.45, 7) is 4.43. The quantitative estimate of drug-likeness (QED) is 0.700. The van der Waals surface area contributed by atoms with Crippen molar-refractivity contribution in [3.8, 4) is 0 Å². The maximum Gasteiger partial charge on any atom is 0.310 e. The first kappa shape index (κ1) is 17.6. The topological polar surface area (TPSA) is 38.3 Å². The molecule has 0 aliphatic carbocycles. The second kappa shape index (κ2) is 8.23. The number of hydrogen-bond acceptors (Lipinski definition) is 3. The predicted molar refractivity (Wildman–Crippen MR) is 95.7 cm³/mol. The number of para-hydroxylation sites is 2. The minimum absolute atomic E-state index is 0.192. The molecule has 2 aromatic rings. The lowest BCUT2D eigenvalue weighted by Crippen LogP contribution is -2.13. The van der Waals surface area contributed by atoms with Crippen LogP contribution in [-0.4, -0.2) is 12.6 Å². The van der Waals surface area contributed by atoms with E-state index in [1.807, 2.05) is 38.1 Å². The van der Waals surface area contributed by atoms with Gasteiger partial charge in [-0.05, 0) is 29.7 Å². The van der Waals surface area contributed by atoms with E-state index in [-0.39, 0.29) is 12.4 Å². The first-order chi connectivity index (χ1) is 11.0. The van der Waals surface area contributed by atoms with Crippen molar-refractivity contribution < 1.29 is 9.53 Å². The van der Waals surface area contributed by atoms with Gasteiger partial charge in [0.15, 0.2) is 0 Å². The van der Waals surface area contributed by atoms with Gasteiger partial charge in [-0.3, -0.25) is 4.79 Å². The minimum Gasteiger partial charge on any atom is -0.465 e. The molecule has 0 fully saturated rings. The molecule has 23 heavy (non-hydrogen) atoms. The molecule has 0 radical (unpaired) electrons. The van der Waals surface area contributed by atoms with Crippen molar-refractivity contribution in [2.45, 2.75) is 20.3 Å². The third-order valence-corrected chi connectivity index (χ3v) is 3.78. The smallest absolute Gasteiger partial charge is 0.310 e. The van der Waals surface area contributed by atoms with Crippen molar-refractivity contribution in [3.63, 3.8) is 0 Å². The fraction of sp³-hybridized carbons (Fsp3) is 0.278. The molecule has 0 atom stereocenters. The largest absolute Gasteiger partial charge is 0.465 e. The van der Waals surface area contributed by atoms with E-state index in [0.29, 0.717) is 28.3 Å². The molecule has 0 spiro atoms. The van der Waals surface area contributed by atoms with Gasteiger partial charge in [0.05, 0.1) is 28.8 Å². The molecular weight excluding hydrogens is 333 g/mol. The SMILES string of the molecule is CC(C)COC(=O)Cc1ccccc1Nc1c(Cl)cccc1Cl. The van der Waals surface area contributed by atoms with Gasteiger partial charge in [-0.15, -0.1) is 0 Å². The van der Waals surface area contributed by atoms with Crippen LogP contribution < -0.4 is 5.32 Å². The van der Waals surface area contributed by atoms with E-state index in [1.54, 1.807) is 18.2 Å². The third-order valence-electron chi connectivity index (χ3n) is 3.15. The Morgan fingerprint density at radius 1 is 1.09 bits per heavy atom. The summed E-state index contributed by atoms with van der Waals surface area (Å²) in [6, 6.07) is 12.8. The van der Waals surface area contributed by atoms with Crippen molar-refractivity contribution in [2.24, 2.45) is 5.92 Å². The first-order valence-corrected chi connectivity index (χ1v) is 8.17. The summed E-state index contributed by atoms with van der Waals surface area (Å²) in [5, 5.41) is 4.25. The van der Waals surface area contributed by atoms with E-state index in [0.717, 1.165) is 11.3 Å². The number of ether oxygens (including phenoxy) is 1. The van der Waals surface area contributed by atoms with Gasteiger partial charge in [0, 0.05) is 5.69 Å². The number of carbonyl (C=O) groups is 1. The van der Waals surface area contributed by atoms with E-state index in [9.17, 15) is 4.79 Å². The number of esters is 1. The highest BCUT2D eigenvalue weighted by Gasteiger charge is 2.12. The predicted octanol–water partition coefficient (Wildman–Crippen LogP) is 5.48. The summed E-state index contributed by atoms with van der Waals surface area (Å²) < 4.78 is 5.24. The zero-order valence-corrected chi connectivity index (χ0v) is 14.6. The average Bonchev–Trinajstić information content (AvgIpc) is 2.50. The molecule has 0 heterocycles. The Balaban J connectivity index is 2.16. The van der Waals surface area contributed by atoms with E-state index in [2.05, 4.69) is 5.32 Å². The lowest BCUT2D eigenvalue weighted by molar-refractivity contribution is -0.143. The summed E-state index contributed by atoms with van der Waals surface area (Å²) in [7, 11) is 0. The molecule has 3 nitrogen and oxygen atoms in total. The van der Waals surface area contributed by atoms with Crippen LogP contribution in [0.3, 0.4) is 0 Å². The summed E-state index contributed by atoms with van der Waals surface area (Å²) in [5.41, 5.74) is 2.24. The molecule has 122 valence electrons. The van der Waals surface area contributed by atoms with Gasteiger partial charge >= 0.3 is 5.97 Å². The van der Waals surface area contributed by atoms with Crippen LogP contribution >= 0.6 is 23.2 Å². The van der Waals surface area contributed by atoms with Crippen molar-refractivity contribution in [3.05, 3.63) is 58.1 Å². The number of rotatable bonds is 6. The van der Waals surface area contributed by atoms with Crippen LogP contribution in [0.2, 0.25) is 10.0 Å². The fourth-order valence-electron chi connectivity index (χ4n) is 2.01. The molecule has 0 saturated carbocycles. The highest BCUT2D eigenvalue weighted by molar-refractivity contribution is 6.39. The molecule has 0 unspecified atom stereocenters. The van der Waals surface area contributed by atoms with E-state index in [1.165, 1.54) is 0 Å². The van der Waals surface area contributed by atoms with Crippen LogP contribution in [0.4, 0.5) is 11.4 Å². The number of anilines is 2. The van der Waals surface area contributed by atoms with Crippen molar-refractivity contribution >= 4 is 40.5 Å². The van der Waals surface area contributed by atoms with Crippen molar-refractivity contribution in [1.29, 1.82) is 0 Å². The number of carbonyl (C=O) groups excluding carboxylic acids is 1. The minimum atomic E-state index is -0.252.